The van der Waals surface area contributed by atoms with Gasteiger partial charge >= 0.3 is 0 Å². The van der Waals surface area contributed by atoms with Crippen LogP contribution < -0.4 is 0 Å². The molecule has 0 unspecified atom stereocenters. The Morgan fingerprint density at radius 3 is 1.30 bits per heavy atom. The number of rotatable bonds is 0. The molecule has 2 bridgehead atoms. The molecule has 0 atom stereocenters. The third-order valence-electron chi connectivity index (χ3n) is 3.43. The maximum absolute atomic E-state index is 1.56. The Morgan fingerprint density at radius 1 is 0.500 bits per heavy atom. The average molecular weight is 138 g/mol. The molecule has 0 aromatic carbocycles. The molecule has 58 valence electrons. The van der Waals surface area contributed by atoms with E-state index in [0.29, 0.717) is 0 Å². The van der Waals surface area contributed by atoms with Crippen LogP contribution in [-0.4, -0.2) is 0 Å². The molecule has 0 aromatic heterocycles. The molecular weight excluding hydrogens is 120 g/mol. The lowest BCUT2D eigenvalue weighted by Gasteiger charge is -2.14. The predicted molar refractivity (Wildman–Crippen MR) is 43.9 cm³/mol. The largest absolute Gasteiger partial charge is 0.0528 e. The first-order chi connectivity index (χ1) is 4.95. The minimum atomic E-state index is 1.13. The van der Waals surface area contributed by atoms with Gasteiger partial charge < -0.3 is 0 Å². The summed E-state index contributed by atoms with van der Waals surface area (Å²) in [5.41, 5.74) is 0. The van der Waals surface area contributed by atoms with Crippen LogP contribution in [0.15, 0.2) is 0 Å². The summed E-state index contributed by atoms with van der Waals surface area (Å²) in [5.74, 6) is 2.26. The first-order valence-corrected chi connectivity index (χ1v) is 4.95. The van der Waals surface area contributed by atoms with Gasteiger partial charge in [0.1, 0.15) is 0 Å². The monoisotopic (exact) mass is 138 g/mol. The molecule has 2 fully saturated rings. The van der Waals surface area contributed by atoms with Crippen LogP contribution in [0.3, 0.4) is 0 Å². The molecule has 0 heterocycles. The van der Waals surface area contributed by atoms with Crippen molar-refractivity contribution in [1.29, 1.82) is 0 Å². The Balaban J connectivity index is 2.01. The van der Waals surface area contributed by atoms with Crippen LogP contribution in [0.25, 0.3) is 0 Å². The molecule has 2 saturated carbocycles. The first kappa shape index (κ1) is 6.69. The summed E-state index contributed by atoms with van der Waals surface area (Å²) in [6.45, 7) is 0. The molecule has 0 aromatic rings. The summed E-state index contributed by atoms with van der Waals surface area (Å²) >= 11 is 0. The summed E-state index contributed by atoms with van der Waals surface area (Å²) in [4.78, 5) is 0. The Kier molecular flexibility index (Phi) is 1.97. The maximum Gasteiger partial charge on any atom is -0.0414 e. The second kappa shape index (κ2) is 2.94. The van der Waals surface area contributed by atoms with E-state index in [9.17, 15) is 0 Å². The quantitative estimate of drug-likeness (QED) is 0.481. The van der Waals surface area contributed by atoms with E-state index in [1.54, 1.807) is 38.5 Å². The van der Waals surface area contributed by atoms with E-state index in [0.717, 1.165) is 11.8 Å². The molecule has 0 radical (unpaired) electrons. The van der Waals surface area contributed by atoms with Gasteiger partial charge in [0.05, 0.1) is 0 Å². The van der Waals surface area contributed by atoms with Crippen molar-refractivity contribution in [3.05, 3.63) is 0 Å². The third-order valence-corrected chi connectivity index (χ3v) is 3.43. The van der Waals surface area contributed by atoms with Crippen molar-refractivity contribution in [2.45, 2.75) is 51.4 Å². The molecule has 10 heavy (non-hydrogen) atoms. The van der Waals surface area contributed by atoms with Gasteiger partial charge in [0.15, 0.2) is 0 Å². The van der Waals surface area contributed by atoms with Gasteiger partial charge in [0.2, 0.25) is 0 Å². The van der Waals surface area contributed by atoms with Crippen LogP contribution in [0.5, 0.6) is 0 Å². The Hall–Kier alpha value is 0. The SMILES string of the molecule is C1CC2CCCC(C1)CC2. The van der Waals surface area contributed by atoms with Crippen LogP contribution in [0, 0.1) is 11.8 Å². The Labute approximate surface area is 64.0 Å². The van der Waals surface area contributed by atoms with Crippen LogP contribution >= 0.6 is 0 Å². The maximum atomic E-state index is 1.56. The van der Waals surface area contributed by atoms with Gasteiger partial charge in [-0.2, -0.15) is 0 Å². The number of hydrogen-bond donors (Lipinski definition) is 0. The molecule has 0 N–H and O–H groups in total. The second-order valence-electron chi connectivity index (χ2n) is 4.17. The molecule has 2 aliphatic carbocycles. The predicted octanol–water partition coefficient (Wildman–Crippen LogP) is 3.37. The van der Waals surface area contributed by atoms with Gasteiger partial charge in [-0.3, -0.25) is 0 Å². The van der Waals surface area contributed by atoms with E-state index in [-0.39, 0.29) is 0 Å². The summed E-state index contributed by atoms with van der Waals surface area (Å²) in [6, 6.07) is 0. The van der Waals surface area contributed by atoms with Gasteiger partial charge in [-0.05, 0) is 11.8 Å². The molecule has 0 nitrogen and oxygen atoms in total. The van der Waals surface area contributed by atoms with E-state index in [1.165, 1.54) is 12.8 Å². The number of hydrogen-bond acceptors (Lipinski definition) is 0. The fourth-order valence-corrected chi connectivity index (χ4v) is 2.73. The van der Waals surface area contributed by atoms with Gasteiger partial charge in [-0.15, -0.1) is 0 Å². The summed E-state index contributed by atoms with van der Waals surface area (Å²) in [7, 11) is 0. The van der Waals surface area contributed by atoms with Crippen molar-refractivity contribution in [2.75, 3.05) is 0 Å². The second-order valence-corrected chi connectivity index (χ2v) is 4.17. The van der Waals surface area contributed by atoms with Crippen molar-refractivity contribution in [2.24, 2.45) is 11.8 Å². The molecule has 0 spiro atoms. The first-order valence-electron chi connectivity index (χ1n) is 4.95. The van der Waals surface area contributed by atoms with Crippen molar-refractivity contribution in [3.8, 4) is 0 Å². The zero-order valence-electron chi connectivity index (χ0n) is 6.81. The molecule has 2 aliphatic rings. The smallest absolute Gasteiger partial charge is 0.0414 e. The molecule has 0 heteroatoms. The minimum absolute atomic E-state index is 1.13. The van der Waals surface area contributed by atoms with Crippen molar-refractivity contribution >= 4 is 0 Å². The zero-order chi connectivity index (χ0) is 6.81. The topological polar surface area (TPSA) is 0 Å². The highest BCUT2D eigenvalue weighted by Gasteiger charge is 2.21. The van der Waals surface area contributed by atoms with Gasteiger partial charge in [0, 0.05) is 0 Å². The van der Waals surface area contributed by atoms with Gasteiger partial charge in [-0.1, -0.05) is 51.4 Å². The molecule has 2 rings (SSSR count). The van der Waals surface area contributed by atoms with Crippen molar-refractivity contribution in [1.82, 2.24) is 0 Å². The van der Waals surface area contributed by atoms with Gasteiger partial charge in [0.25, 0.3) is 0 Å². The van der Waals surface area contributed by atoms with Crippen LogP contribution in [0.1, 0.15) is 51.4 Å². The highest BCUT2D eigenvalue weighted by atomic mass is 14.3. The van der Waals surface area contributed by atoms with E-state index < -0.39 is 0 Å². The van der Waals surface area contributed by atoms with E-state index in [2.05, 4.69) is 0 Å². The van der Waals surface area contributed by atoms with E-state index >= 15 is 0 Å². The summed E-state index contributed by atoms with van der Waals surface area (Å²) in [5, 5.41) is 0. The van der Waals surface area contributed by atoms with Crippen LogP contribution in [-0.2, 0) is 0 Å². The number of fused-ring (bicyclic) bond motifs is 3. The average Bonchev–Trinajstić information content (AvgIpc) is 2.17. The molecular formula is C10H18. The molecule has 0 saturated heterocycles. The Morgan fingerprint density at radius 2 is 0.900 bits per heavy atom. The normalized spacial score (nSPS) is 40.8. The fraction of sp³-hybridized carbons (Fsp3) is 1.00. The van der Waals surface area contributed by atoms with Crippen molar-refractivity contribution < 1.29 is 0 Å². The Bertz CT molecular complexity index is 84.6. The fourth-order valence-electron chi connectivity index (χ4n) is 2.73. The van der Waals surface area contributed by atoms with Crippen LogP contribution in [0.4, 0.5) is 0 Å². The van der Waals surface area contributed by atoms with E-state index in [1.807, 2.05) is 0 Å². The summed E-state index contributed by atoms with van der Waals surface area (Å²) in [6.07, 6.45) is 12.4. The third kappa shape index (κ3) is 1.36. The standard InChI is InChI=1S/C10H18/c1-3-9-5-2-6-10(4-1)8-7-9/h9-10H,1-8H2. The van der Waals surface area contributed by atoms with Crippen molar-refractivity contribution in [3.63, 3.8) is 0 Å². The lowest BCUT2D eigenvalue weighted by atomic mass is 9.92. The highest BCUT2D eigenvalue weighted by Crippen LogP contribution is 2.36. The highest BCUT2D eigenvalue weighted by molar-refractivity contribution is 4.74. The minimum Gasteiger partial charge on any atom is -0.0528 e. The molecule has 0 amide bonds. The lowest BCUT2D eigenvalue weighted by Crippen LogP contribution is -1.99. The molecule has 0 aliphatic heterocycles. The van der Waals surface area contributed by atoms with Gasteiger partial charge in [-0.25, -0.2) is 0 Å². The zero-order valence-corrected chi connectivity index (χ0v) is 6.81. The van der Waals surface area contributed by atoms with E-state index in [4.69, 9.17) is 0 Å². The summed E-state index contributed by atoms with van der Waals surface area (Å²) < 4.78 is 0. The van der Waals surface area contributed by atoms with Crippen LogP contribution in [0.2, 0.25) is 0 Å². The lowest BCUT2D eigenvalue weighted by molar-refractivity contribution is 0.393.